The fraction of sp³-hybridized carbons (Fsp3) is 0.100. The summed E-state index contributed by atoms with van der Waals surface area (Å²) < 4.78 is 1.26. The summed E-state index contributed by atoms with van der Waals surface area (Å²) in [6, 6.07) is 1.89. The molecule has 0 spiro atoms. The molecule has 0 bridgehead atoms. The van der Waals surface area contributed by atoms with Crippen LogP contribution in [0, 0.1) is 11.3 Å². The zero-order chi connectivity index (χ0) is 12.3. The van der Waals surface area contributed by atoms with Crippen molar-refractivity contribution in [3.05, 3.63) is 30.4 Å². The van der Waals surface area contributed by atoms with Crippen LogP contribution in [0.15, 0.2) is 24.8 Å². The van der Waals surface area contributed by atoms with E-state index in [1.807, 2.05) is 6.07 Å². The van der Waals surface area contributed by atoms with Crippen LogP contribution in [-0.4, -0.2) is 30.8 Å². The smallest absolute Gasteiger partial charge is 0.339 e. The lowest BCUT2D eigenvalue weighted by Crippen LogP contribution is -1.97. The van der Waals surface area contributed by atoms with Gasteiger partial charge in [0.15, 0.2) is 0 Å². The monoisotopic (exact) mass is 229 g/mol. The fourth-order valence-electron chi connectivity index (χ4n) is 1.34. The van der Waals surface area contributed by atoms with Crippen molar-refractivity contribution >= 4 is 5.97 Å². The molecular formula is C10H7N5O2. The summed E-state index contributed by atoms with van der Waals surface area (Å²) >= 11 is 0. The van der Waals surface area contributed by atoms with Crippen LogP contribution in [-0.2, 0) is 6.54 Å². The van der Waals surface area contributed by atoms with E-state index in [1.54, 1.807) is 0 Å². The van der Waals surface area contributed by atoms with E-state index >= 15 is 0 Å². The van der Waals surface area contributed by atoms with Gasteiger partial charge in [0.1, 0.15) is 23.5 Å². The van der Waals surface area contributed by atoms with Crippen LogP contribution >= 0.6 is 0 Å². The highest BCUT2D eigenvalue weighted by Gasteiger charge is 2.17. The van der Waals surface area contributed by atoms with Crippen LogP contribution in [0.4, 0.5) is 0 Å². The number of nitriles is 1. The number of carboxylic acids is 1. The number of nitrogens with zero attached hydrogens (tertiary/aromatic N) is 5. The normalized spacial score (nSPS) is 9.82. The van der Waals surface area contributed by atoms with Crippen LogP contribution in [0.5, 0.6) is 0 Å². The molecule has 2 rings (SSSR count). The molecule has 0 atom stereocenters. The molecule has 0 aliphatic rings. The van der Waals surface area contributed by atoms with Crippen molar-refractivity contribution in [2.45, 2.75) is 6.54 Å². The Hall–Kier alpha value is -2.75. The van der Waals surface area contributed by atoms with Gasteiger partial charge in [0, 0.05) is 18.6 Å². The van der Waals surface area contributed by atoms with E-state index in [1.165, 1.54) is 29.5 Å². The number of aromatic nitrogens is 4. The highest BCUT2D eigenvalue weighted by atomic mass is 16.4. The van der Waals surface area contributed by atoms with Crippen LogP contribution < -0.4 is 0 Å². The molecule has 1 N–H and O–H groups in total. The Labute approximate surface area is 96.0 Å². The molecule has 17 heavy (non-hydrogen) atoms. The van der Waals surface area contributed by atoms with Crippen molar-refractivity contribution in [2.75, 3.05) is 0 Å². The molecule has 0 unspecified atom stereocenters. The van der Waals surface area contributed by atoms with Crippen molar-refractivity contribution < 1.29 is 9.90 Å². The lowest BCUT2D eigenvalue weighted by Gasteiger charge is -1.95. The molecule has 0 aliphatic heterocycles. The first-order valence-corrected chi connectivity index (χ1v) is 4.66. The van der Waals surface area contributed by atoms with Gasteiger partial charge >= 0.3 is 5.97 Å². The Morgan fingerprint density at radius 1 is 1.53 bits per heavy atom. The molecule has 2 aromatic rings. The third kappa shape index (κ3) is 2.10. The Morgan fingerprint density at radius 2 is 2.35 bits per heavy atom. The number of aromatic carboxylic acids is 1. The lowest BCUT2D eigenvalue weighted by atomic mass is 10.2. The van der Waals surface area contributed by atoms with Gasteiger partial charge in [-0.05, 0) is 0 Å². The minimum Gasteiger partial charge on any atom is -0.478 e. The molecule has 7 nitrogen and oxygen atoms in total. The number of carbonyl (C=O) groups is 1. The molecule has 0 fully saturated rings. The standard InChI is InChI=1S/C10H7N5O2/c11-1-4-15-6-7(10(16)17)9(14-15)8-5-12-2-3-13-8/h2-3,5-6H,4H2,(H,16,17). The van der Waals surface area contributed by atoms with Crippen LogP contribution in [0.1, 0.15) is 10.4 Å². The number of hydrogen-bond acceptors (Lipinski definition) is 5. The third-order valence-electron chi connectivity index (χ3n) is 2.03. The van der Waals surface area contributed by atoms with E-state index in [-0.39, 0.29) is 17.8 Å². The van der Waals surface area contributed by atoms with Gasteiger partial charge < -0.3 is 5.11 Å². The van der Waals surface area contributed by atoms with Crippen molar-refractivity contribution in [2.24, 2.45) is 0 Å². The Kier molecular flexibility index (Phi) is 2.79. The van der Waals surface area contributed by atoms with E-state index < -0.39 is 5.97 Å². The van der Waals surface area contributed by atoms with Crippen LogP contribution in [0.25, 0.3) is 11.4 Å². The maximum atomic E-state index is 11.0. The number of carboxylic acid groups (broad SMARTS) is 1. The average molecular weight is 229 g/mol. The summed E-state index contributed by atoms with van der Waals surface area (Å²) in [6.07, 6.45) is 5.65. The highest BCUT2D eigenvalue weighted by molar-refractivity contribution is 5.93. The van der Waals surface area contributed by atoms with Gasteiger partial charge in [0.2, 0.25) is 0 Å². The van der Waals surface area contributed by atoms with E-state index in [9.17, 15) is 4.79 Å². The van der Waals surface area contributed by atoms with Gasteiger partial charge in [-0.3, -0.25) is 14.6 Å². The Morgan fingerprint density at radius 3 is 2.94 bits per heavy atom. The molecule has 0 amide bonds. The van der Waals surface area contributed by atoms with Crippen molar-refractivity contribution in [1.29, 1.82) is 5.26 Å². The maximum absolute atomic E-state index is 11.0. The van der Waals surface area contributed by atoms with Gasteiger partial charge in [-0.25, -0.2) is 4.79 Å². The zero-order valence-electron chi connectivity index (χ0n) is 8.61. The van der Waals surface area contributed by atoms with Crippen molar-refractivity contribution in [3.8, 4) is 17.5 Å². The van der Waals surface area contributed by atoms with Crippen molar-refractivity contribution in [3.63, 3.8) is 0 Å². The van der Waals surface area contributed by atoms with Gasteiger partial charge in [-0.15, -0.1) is 0 Å². The highest BCUT2D eigenvalue weighted by Crippen LogP contribution is 2.18. The second-order valence-electron chi connectivity index (χ2n) is 3.14. The largest absolute Gasteiger partial charge is 0.478 e. The minimum atomic E-state index is -1.12. The van der Waals surface area contributed by atoms with Crippen LogP contribution in [0.3, 0.4) is 0 Å². The van der Waals surface area contributed by atoms with Gasteiger partial charge in [0.25, 0.3) is 0 Å². The summed E-state index contributed by atoms with van der Waals surface area (Å²) in [6.45, 7) is -0.0134. The number of rotatable bonds is 3. The second kappa shape index (κ2) is 4.40. The van der Waals surface area contributed by atoms with Gasteiger partial charge in [0.05, 0.1) is 12.3 Å². The zero-order valence-corrected chi connectivity index (χ0v) is 8.61. The second-order valence-corrected chi connectivity index (χ2v) is 3.14. The molecule has 7 heteroatoms. The SMILES string of the molecule is N#CCn1cc(C(=O)O)c(-c2cnccn2)n1. The van der Waals surface area contributed by atoms with E-state index in [0.717, 1.165) is 0 Å². The summed E-state index contributed by atoms with van der Waals surface area (Å²) in [7, 11) is 0. The first-order chi connectivity index (χ1) is 8.22. The summed E-state index contributed by atoms with van der Waals surface area (Å²) in [4.78, 5) is 18.9. The van der Waals surface area contributed by atoms with Crippen LogP contribution in [0.2, 0.25) is 0 Å². The van der Waals surface area contributed by atoms with E-state index in [2.05, 4.69) is 15.1 Å². The van der Waals surface area contributed by atoms with Gasteiger partial charge in [-0.2, -0.15) is 10.4 Å². The molecule has 0 radical (unpaired) electrons. The predicted molar refractivity (Wildman–Crippen MR) is 55.8 cm³/mol. The molecule has 2 aromatic heterocycles. The van der Waals surface area contributed by atoms with Crippen molar-refractivity contribution in [1.82, 2.24) is 19.7 Å². The number of hydrogen-bond donors (Lipinski definition) is 1. The quantitative estimate of drug-likeness (QED) is 0.824. The Balaban J connectivity index is 2.53. The third-order valence-corrected chi connectivity index (χ3v) is 2.03. The average Bonchev–Trinajstić information content (AvgIpc) is 2.75. The maximum Gasteiger partial charge on any atom is 0.339 e. The Bertz CT molecular complexity index is 584. The molecule has 2 heterocycles. The summed E-state index contributed by atoms with van der Waals surface area (Å²) in [5.74, 6) is -1.12. The molecule has 84 valence electrons. The first kappa shape index (κ1) is 10.8. The fourth-order valence-corrected chi connectivity index (χ4v) is 1.34. The van der Waals surface area contributed by atoms with E-state index in [0.29, 0.717) is 5.69 Å². The lowest BCUT2D eigenvalue weighted by molar-refractivity contribution is 0.0697. The molecular weight excluding hydrogens is 222 g/mol. The summed E-state index contributed by atoms with van der Waals surface area (Å²) in [5, 5.41) is 21.6. The topological polar surface area (TPSA) is 105 Å². The van der Waals surface area contributed by atoms with Gasteiger partial charge in [-0.1, -0.05) is 0 Å². The first-order valence-electron chi connectivity index (χ1n) is 4.66. The molecule has 0 saturated heterocycles. The minimum absolute atomic E-state index is 0.000694. The predicted octanol–water partition coefficient (Wildman–Crippen LogP) is 0.562. The molecule has 0 saturated carbocycles. The molecule has 0 aromatic carbocycles. The molecule has 0 aliphatic carbocycles. The summed E-state index contributed by atoms with van der Waals surface area (Å²) in [5.41, 5.74) is 0.572. The van der Waals surface area contributed by atoms with E-state index in [4.69, 9.17) is 10.4 Å².